The van der Waals surface area contributed by atoms with E-state index in [0.29, 0.717) is 37.1 Å². The van der Waals surface area contributed by atoms with E-state index in [1.807, 2.05) is 4.90 Å². The number of pyridine rings is 1. The molecule has 0 spiro atoms. The molecule has 8 nitrogen and oxygen atoms in total. The number of carbonyl (C=O) groups is 1. The van der Waals surface area contributed by atoms with Crippen LogP contribution >= 0.6 is 23.2 Å². The third kappa shape index (κ3) is 2.84. The normalized spacial score (nSPS) is 24.7. The molecular weight excluding hydrogens is 400 g/mol. The van der Waals surface area contributed by atoms with Gasteiger partial charge in [-0.1, -0.05) is 11.6 Å². The van der Waals surface area contributed by atoms with Crippen molar-refractivity contribution in [1.29, 1.82) is 0 Å². The van der Waals surface area contributed by atoms with Gasteiger partial charge < -0.3 is 14.7 Å². The molecule has 2 aliphatic rings. The molecule has 2 aromatic rings. The van der Waals surface area contributed by atoms with E-state index in [1.165, 1.54) is 11.1 Å². The Kier molecular flexibility index (Phi) is 4.48. The number of anilines is 1. The Hall–Kier alpha value is -1.97. The maximum Gasteiger partial charge on any atom is 0.408 e. The predicted octanol–water partition coefficient (Wildman–Crippen LogP) is 2.82. The molecule has 1 N–H and O–H groups in total. The van der Waals surface area contributed by atoms with E-state index in [9.17, 15) is 14.3 Å². The summed E-state index contributed by atoms with van der Waals surface area (Å²) in [6, 6.07) is -0.222. The first-order valence-electron chi connectivity index (χ1n) is 8.30. The summed E-state index contributed by atoms with van der Waals surface area (Å²) in [5.41, 5.74) is -0.718. The topological polar surface area (TPSA) is 91.7 Å². The molecular formula is C16H16Cl2FN5O3. The second kappa shape index (κ2) is 6.57. The van der Waals surface area contributed by atoms with Gasteiger partial charge in [0.1, 0.15) is 11.3 Å². The molecule has 2 saturated heterocycles. The first-order chi connectivity index (χ1) is 12.9. The van der Waals surface area contributed by atoms with Crippen molar-refractivity contribution in [3.8, 4) is 0 Å². The molecule has 0 aliphatic carbocycles. The molecule has 2 aliphatic heterocycles. The van der Waals surface area contributed by atoms with E-state index < -0.39 is 17.4 Å². The van der Waals surface area contributed by atoms with Crippen molar-refractivity contribution in [2.45, 2.75) is 24.4 Å². The van der Waals surface area contributed by atoms with Crippen molar-refractivity contribution in [1.82, 2.24) is 19.9 Å². The fourth-order valence-electron chi connectivity index (χ4n) is 4.28. The molecule has 0 radical (unpaired) electrons. The fraction of sp³-hybridized carbons (Fsp3) is 0.500. The number of carboxylic acid groups (broad SMARTS) is 1. The van der Waals surface area contributed by atoms with Gasteiger partial charge in [-0.05, 0) is 24.4 Å². The fourth-order valence-corrected chi connectivity index (χ4v) is 4.59. The van der Waals surface area contributed by atoms with E-state index in [0.717, 1.165) is 0 Å². The van der Waals surface area contributed by atoms with Crippen molar-refractivity contribution in [3.63, 3.8) is 0 Å². The average molecular weight is 416 g/mol. The molecule has 0 saturated carbocycles. The summed E-state index contributed by atoms with van der Waals surface area (Å²) in [7, 11) is 1.54. The highest BCUT2D eigenvalue weighted by Gasteiger charge is 2.54. The van der Waals surface area contributed by atoms with Crippen LogP contribution in [0.25, 0.3) is 10.9 Å². The van der Waals surface area contributed by atoms with Crippen LogP contribution in [0.4, 0.5) is 15.0 Å². The molecule has 4 rings (SSSR count). The number of fused-ring (bicyclic) bond motifs is 3. The predicted molar refractivity (Wildman–Crippen MR) is 97.0 cm³/mol. The largest absolute Gasteiger partial charge is 0.465 e. The number of rotatable bonds is 3. The highest BCUT2D eigenvalue weighted by atomic mass is 35.5. The van der Waals surface area contributed by atoms with Crippen molar-refractivity contribution in [3.05, 3.63) is 22.5 Å². The van der Waals surface area contributed by atoms with E-state index >= 15 is 0 Å². The molecule has 4 heterocycles. The molecule has 2 atom stereocenters. The third-order valence-electron chi connectivity index (χ3n) is 5.25. The minimum Gasteiger partial charge on any atom is -0.465 e. The number of aromatic nitrogens is 3. The number of ether oxygens (including phenoxy) is 1. The zero-order chi connectivity index (χ0) is 19.3. The van der Waals surface area contributed by atoms with Crippen LogP contribution in [-0.2, 0) is 4.74 Å². The van der Waals surface area contributed by atoms with Gasteiger partial charge in [-0.3, -0.25) is 4.90 Å². The maximum absolute atomic E-state index is 14.4. The molecule has 2 fully saturated rings. The number of hydrogen-bond acceptors (Lipinski definition) is 6. The Balaban J connectivity index is 1.82. The van der Waals surface area contributed by atoms with Crippen LogP contribution in [-0.4, -0.2) is 69.4 Å². The van der Waals surface area contributed by atoms with Crippen LogP contribution in [0.15, 0.2) is 6.20 Å². The first kappa shape index (κ1) is 18.4. The lowest BCUT2D eigenvalue weighted by atomic mass is 9.96. The standard InChI is InChI=1S/C16H16Cl2FN5O3/c1-27-7-16-3-2-8(24(16)15(25)26)5-23(6-16)13-9-4-20-12(17)10(19)11(9)21-14(18)22-13/h4,8H,2-3,5-7H2,1H3,(H,25,26)/t8-,16+/m0/s1. The minimum absolute atomic E-state index is 0.0150. The van der Waals surface area contributed by atoms with E-state index in [-0.39, 0.29) is 28.6 Å². The smallest absolute Gasteiger partial charge is 0.408 e. The summed E-state index contributed by atoms with van der Waals surface area (Å²) >= 11 is 11.8. The lowest BCUT2D eigenvalue weighted by Gasteiger charge is -2.47. The van der Waals surface area contributed by atoms with Crippen LogP contribution in [0.3, 0.4) is 0 Å². The van der Waals surface area contributed by atoms with Gasteiger partial charge in [-0.25, -0.2) is 19.2 Å². The quantitative estimate of drug-likeness (QED) is 0.608. The lowest BCUT2D eigenvalue weighted by molar-refractivity contribution is 0.0178. The molecule has 2 bridgehead atoms. The van der Waals surface area contributed by atoms with Crippen LogP contribution in [0.1, 0.15) is 12.8 Å². The summed E-state index contributed by atoms with van der Waals surface area (Å²) in [6.07, 6.45) is 1.81. The van der Waals surface area contributed by atoms with Gasteiger partial charge in [0.15, 0.2) is 11.0 Å². The van der Waals surface area contributed by atoms with Crippen LogP contribution in [0, 0.1) is 5.82 Å². The molecule has 0 unspecified atom stereocenters. The molecule has 27 heavy (non-hydrogen) atoms. The summed E-state index contributed by atoms with van der Waals surface area (Å²) in [5, 5.41) is 9.64. The van der Waals surface area contributed by atoms with Crippen LogP contribution < -0.4 is 4.90 Å². The lowest BCUT2D eigenvalue weighted by Crippen LogP contribution is -2.65. The van der Waals surface area contributed by atoms with Crippen molar-refractivity contribution >= 4 is 46.0 Å². The van der Waals surface area contributed by atoms with E-state index in [2.05, 4.69) is 15.0 Å². The van der Waals surface area contributed by atoms with Crippen molar-refractivity contribution < 1.29 is 19.0 Å². The number of nitrogens with zero attached hydrogens (tertiary/aromatic N) is 5. The second-order valence-electron chi connectivity index (χ2n) is 6.82. The van der Waals surface area contributed by atoms with Gasteiger partial charge in [0.2, 0.25) is 5.28 Å². The number of piperazine rings is 1. The van der Waals surface area contributed by atoms with Gasteiger partial charge in [-0.15, -0.1) is 0 Å². The van der Waals surface area contributed by atoms with Crippen molar-refractivity contribution in [2.24, 2.45) is 0 Å². The van der Waals surface area contributed by atoms with E-state index in [4.69, 9.17) is 27.9 Å². The zero-order valence-corrected chi connectivity index (χ0v) is 15.8. The van der Waals surface area contributed by atoms with Gasteiger partial charge in [0.05, 0.1) is 23.6 Å². The summed E-state index contributed by atoms with van der Waals surface area (Å²) in [4.78, 5) is 27.3. The summed E-state index contributed by atoms with van der Waals surface area (Å²) in [6.45, 7) is 1.00. The highest BCUT2D eigenvalue weighted by Crippen LogP contribution is 2.42. The van der Waals surface area contributed by atoms with Gasteiger partial charge in [-0.2, -0.15) is 4.98 Å². The molecule has 144 valence electrons. The first-order valence-corrected chi connectivity index (χ1v) is 9.05. The average Bonchev–Trinajstić information content (AvgIpc) is 2.85. The maximum atomic E-state index is 14.4. The highest BCUT2D eigenvalue weighted by molar-refractivity contribution is 6.30. The minimum atomic E-state index is -0.973. The Morgan fingerprint density at radius 2 is 2.26 bits per heavy atom. The van der Waals surface area contributed by atoms with E-state index in [1.54, 1.807) is 7.11 Å². The SMILES string of the molecule is COC[C@@]12CC[C@@H](CN(c3nc(Cl)nc4c(F)c(Cl)ncc34)C1)N2C(=O)O. The summed E-state index contributed by atoms with van der Waals surface area (Å²) < 4.78 is 19.7. The van der Waals surface area contributed by atoms with Crippen LogP contribution in [0.2, 0.25) is 10.4 Å². The molecule has 0 aromatic carbocycles. The number of amides is 1. The number of halogens is 3. The monoisotopic (exact) mass is 415 g/mol. The Bertz CT molecular complexity index is 929. The number of hydrogen-bond donors (Lipinski definition) is 1. The van der Waals surface area contributed by atoms with Gasteiger partial charge in [0, 0.05) is 26.4 Å². The van der Waals surface area contributed by atoms with Gasteiger partial charge >= 0.3 is 6.09 Å². The summed E-state index contributed by atoms with van der Waals surface area (Å²) in [5.74, 6) is -0.357. The van der Waals surface area contributed by atoms with Crippen LogP contribution in [0.5, 0.6) is 0 Å². The number of methoxy groups -OCH3 is 1. The Labute approximate surface area is 163 Å². The molecule has 11 heteroatoms. The molecule has 2 aromatic heterocycles. The Morgan fingerprint density at radius 3 is 2.96 bits per heavy atom. The zero-order valence-electron chi connectivity index (χ0n) is 14.3. The molecule has 1 amide bonds. The Morgan fingerprint density at radius 1 is 1.48 bits per heavy atom. The van der Waals surface area contributed by atoms with Gasteiger partial charge in [0.25, 0.3) is 0 Å². The third-order valence-corrected chi connectivity index (χ3v) is 5.68. The second-order valence-corrected chi connectivity index (χ2v) is 7.52. The van der Waals surface area contributed by atoms with Crippen molar-refractivity contribution in [2.75, 3.05) is 31.7 Å².